The molecule has 0 saturated heterocycles. The molecule has 10 heteroatoms. The summed E-state index contributed by atoms with van der Waals surface area (Å²) in [7, 11) is 0. The number of primary amides is 1. The molecule has 0 saturated carbocycles. The van der Waals surface area contributed by atoms with E-state index in [0.29, 0.717) is 23.6 Å². The van der Waals surface area contributed by atoms with E-state index in [1.54, 1.807) is 22.7 Å². The van der Waals surface area contributed by atoms with Crippen molar-refractivity contribution in [1.82, 2.24) is 24.6 Å². The monoisotopic (exact) mass is 471 g/mol. The molecule has 4 N–H and O–H groups in total. The molecule has 9 nitrogen and oxygen atoms in total. The number of imidazole rings is 1. The SMILES string of the molecule is Cc1nc2c(C(N)=O)cnn2c(C)c1CCC(=O)Nc1ccc2nc(-c3ccc(F)cc3)[nH]c2c1. The van der Waals surface area contributed by atoms with Gasteiger partial charge in [-0.25, -0.2) is 18.9 Å². The van der Waals surface area contributed by atoms with E-state index in [1.807, 2.05) is 26.0 Å². The van der Waals surface area contributed by atoms with Crippen molar-refractivity contribution in [1.29, 1.82) is 0 Å². The first kappa shape index (κ1) is 22.2. The summed E-state index contributed by atoms with van der Waals surface area (Å²) in [5.74, 6) is -0.427. The molecule has 3 aromatic heterocycles. The lowest BCUT2D eigenvalue weighted by atomic mass is 10.1. The minimum absolute atomic E-state index is 0.153. The van der Waals surface area contributed by atoms with Gasteiger partial charge in [0.05, 0.1) is 17.2 Å². The molecule has 2 aromatic carbocycles. The van der Waals surface area contributed by atoms with Gasteiger partial charge in [0, 0.05) is 29.1 Å². The molecular weight excluding hydrogens is 449 g/mol. The molecule has 5 aromatic rings. The molecular formula is C25H22FN7O2. The van der Waals surface area contributed by atoms with Crippen molar-refractivity contribution < 1.29 is 14.0 Å². The summed E-state index contributed by atoms with van der Waals surface area (Å²) in [6, 6.07) is 11.5. The number of H-pyrrole nitrogens is 1. The van der Waals surface area contributed by atoms with Gasteiger partial charge in [-0.2, -0.15) is 5.10 Å². The number of nitrogens with zero attached hydrogens (tertiary/aromatic N) is 4. The quantitative estimate of drug-likeness (QED) is 0.348. The number of aromatic nitrogens is 5. The number of hydrogen-bond donors (Lipinski definition) is 3. The number of amides is 2. The second-order valence-electron chi connectivity index (χ2n) is 8.29. The van der Waals surface area contributed by atoms with Crippen LogP contribution in [0.15, 0.2) is 48.7 Å². The Hall–Kier alpha value is -4.60. The lowest BCUT2D eigenvalue weighted by molar-refractivity contribution is -0.116. The highest BCUT2D eigenvalue weighted by Crippen LogP contribution is 2.24. The molecule has 0 aliphatic heterocycles. The summed E-state index contributed by atoms with van der Waals surface area (Å²) in [5.41, 5.74) is 11.4. The second kappa shape index (κ2) is 8.64. The highest BCUT2D eigenvalue weighted by molar-refractivity contribution is 5.98. The number of hydrogen-bond acceptors (Lipinski definition) is 5. The molecule has 0 aliphatic carbocycles. The van der Waals surface area contributed by atoms with Gasteiger partial charge in [-0.15, -0.1) is 0 Å². The number of rotatable bonds is 6. The van der Waals surface area contributed by atoms with Gasteiger partial charge in [0.25, 0.3) is 5.91 Å². The van der Waals surface area contributed by atoms with Crippen LogP contribution in [0.1, 0.15) is 33.7 Å². The molecule has 0 radical (unpaired) electrons. The van der Waals surface area contributed by atoms with Crippen molar-refractivity contribution in [2.45, 2.75) is 26.7 Å². The fourth-order valence-corrected chi connectivity index (χ4v) is 4.14. The van der Waals surface area contributed by atoms with Crippen LogP contribution in [0.2, 0.25) is 0 Å². The summed E-state index contributed by atoms with van der Waals surface area (Å²) < 4.78 is 14.8. The molecule has 5 rings (SSSR count). The molecule has 0 unspecified atom stereocenters. The van der Waals surface area contributed by atoms with Gasteiger partial charge in [-0.1, -0.05) is 0 Å². The molecule has 0 aliphatic rings. The van der Waals surface area contributed by atoms with Crippen molar-refractivity contribution in [3.8, 4) is 11.4 Å². The van der Waals surface area contributed by atoms with Gasteiger partial charge < -0.3 is 16.0 Å². The predicted octanol–water partition coefficient (Wildman–Crippen LogP) is 3.70. The van der Waals surface area contributed by atoms with E-state index in [1.165, 1.54) is 18.3 Å². The first-order valence-corrected chi connectivity index (χ1v) is 11.0. The number of nitrogens with two attached hydrogens (primary N) is 1. The zero-order valence-corrected chi connectivity index (χ0v) is 19.1. The Morgan fingerprint density at radius 2 is 1.89 bits per heavy atom. The third-order valence-electron chi connectivity index (χ3n) is 5.96. The van der Waals surface area contributed by atoms with E-state index in [9.17, 15) is 14.0 Å². The van der Waals surface area contributed by atoms with Crippen molar-refractivity contribution in [2.24, 2.45) is 5.73 Å². The number of aromatic amines is 1. The van der Waals surface area contributed by atoms with Crippen LogP contribution >= 0.6 is 0 Å². The number of carbonyl (C=O) groups is 2. The zero-order valence-electron chi connectivity index (χ0n) is 19.1. The van der Waals surface area contributed by atoms with Crippen LogP contribution in [0, 0.1) is 19.7 Å². The smallest absolute Gasteiger partial charge is 0.254 e. The van der Waals surface area contributed by atoms with Gasteiger partial charge in [-0.05, 0) is 68.3 Å². The van der Waals surface area contributed by atoms with Crippen LogP contribution in [0.25, 0.3) is 28.1 Å². The van der Waals surface area contributed by atoms with Crippen LogP contribution in [0.4, 0.5) is 10.1 Å². The van der Waals surface area contributed by atoms with E-state index < -0.39 is 5.91 Å². The highest BCUT2D eigenvalue weighted by atomic mass is 19.1. The predicted molar refractivity (Wildman–Crippen MR) is 129 cm³/mol. The largest absolute Gasteiger partial charge is 0.365 e. The third-order valence-corrected chi connectivity index (χ3v) is 5.96. The van der Waals surface area contributed by atoms with Gasteiger partial charge in [0.15, 0.2) is 5.65 Å². The Kier molecular flexibility index (Phi) is 5.48. The average Bonchev–Trinajstić information content (AvgIpc) is 3.43. The van der Waals surface area contributed by atoms with Crippen molar-refractivity contribution in [2.75, 3.05) is 5.32 Å². The maximum atomic E-state index is 13.2. The molecule has 0 fully saturated rings. The van der Waals surface area contributed by atoms with Gasteiger partial charge in [-0.3, -0.25) is 9.59 Å². The number of benzene rings is 2. The van der Waals surface area contributed by atoms with Crippen LogP contribution < -0.4 is 11.1 Å². The maximum absolute atomic E-state index is 13.2. The molecule has 176 valence electrons. The van der Waals surface area contributed by atoms with Gasteiger partial charge in [0.2, 0.25) is 5.91 Å². The Labute approximate surface area is 199 Å². The summed E-state index contributed by atoms with van der Waals surface area (Å²) in [6.45, 7) is 3.71. The number of fused-ring (bicyclic) bond motifs is 2. The lowest BCUT2D eigenvalue weighted by Gasteiger charge is -2.11. The third kappa shape index (κ3) is 4.21. The van der Waals surface area contributed by atoms with Crippen molar-refractivity contribution in [3.63, 3.8) is 0 Å². The fourth-order valence-electron chi connectivity index (χ4n) is 4.14. The summed E-state index contributed by atoms with van der Waals surface area (Å²) in [5, 5.41) is 7.13. The van der Waals surface area contributed by atoms with E-state index >= 15 is 0 Å². The van der Waals surface area contributed by atoms with Crippen LogP contribution in [0.5, 0.6) is 0 Å². The van der Waals surface area contributed by atoms with Crippen LogP contribution in [-0.2, 0) is 11.2 Å². The summed E-state index contributed by atoms with van der Waals surface area (Å²) in [6.07, 6.45) is 2.10. The number of anilines is 1. The van der Waals surface area contributed by atoms with Gasteiger partial charge >= 0.3 is 0 Å². The fraction of sp³-hybridized carbons (Fsp3) is 0.160. The Morgan fingerprint density at radius 1 is 1.11 bits per heavy atom. The molecule has 0 bridgehead atoms. The normalized spacial score (nSPS) is 11.3. The first-order chi connectivity index (χ1) is 16.8. The molecule has 0 atom stereocenters. The molecule has 2 amide bonds. The number of nitrogens with one attached hydrogen (secondary N) is 2. The minimum atomic E-state index is -0.586. The standard InChI is InChI=1S/C25H22FN7O2/c1-13-18(14(2)33-25(29-13)19(12-28-33)23(27)35)8-10-22(34)30-17-7-9-20-21(11-17)32-24(31-20)15-3-5-16(26)6-4-15/h3-7,9,11-12H,8,10H2,1-2H3,(H2,27,35)(H,30,34)(H,31,32). The summed E-state index contributed by atoms with van der Waals surface area (Å²) >= 11 is 0. The van der Waals surface area contributed by atoms with E-state index in [-0.39, 0.29) is 23.7 Å². The average molecular weight is 471 g/mol. The first-order valence-electron chi connectivity index (χ1n) is 11.0. The highest BCUT2D eigenvalue weighted by Gasteiger charge is 2.17. The maximum Gasteiger partial charge on any atom is 0.254 e. The minimum Gasteiger partial charge on any atom is -0.365 e. The van der Waals surface area contributed by atoms with Crippen molar-refractivity contribution >= 4 is 34.2 Å². The Balaban J connectivity index is 1.30. The Morgan fingerprint density at radius 3 is 2.63 bits per heavy atom. The van der Waals surface area contributed by atoms with Crippen molar-refractivity contribution in [3.05, 3.63) is 77.0 Å². The molecule has 35 heavy (non-hydrogen) atoms. The summed E-state index contributed by atoms with van der Waals surface area (Å²) in [4.78, 5) is 36.5. The zero-order chi connectivity index (χ0) is 24.7. The van der Waals surface area contributed by atoms with E-state index in [0.717, 1.165) is 33.5 Å². The van der Waals surface area contributed by atoms with E-state index in [2.05, 4.69) is 25.4 Å². The topological polar surface area (TPSA) is 131 Å². The number of aryl methyl sites for hydroxylation is 2. The second-order valence-corrected chi connectivity index (χ2v) is 8.29. The lowest BCUT2D eigenvalue weighted by Crippen LogP contribution is -2.15. The Bertz CT molecular complexity index is 1600. The molecule has 0 spiro atoms. The van der Waals surface area contributed by atoms with Gasteiger partial charge in [0.1, 0.15) is 17.2 Å². The number of halogens is 1. The number of carbonyl (C=O) groups excluding carboxylic acids is 2. The molecule has 3 heterocycles. The van der Waals surface area contributed by atoms with E-state index in [4.69, 9.17) is 5.73 Å². The van der Waals surface area contributed by atoms with Crippen LogP contribution in [-0.4, -0.2) is 36.4 Å². The van der Waals surface area contributed by atoms with Crippen LogP contribution in [0.3, 0.4) is 0 Å².